The van der Waals surface area contributed by atoms with Crippen molar-refractivity contribution in [3.8, 4) is 5.69 Å². The summed E-state index contributed by atoms with van der Waals surface area (Å²) in [6.45, 7) is 8.85. The van der Waals surface area contributed by atoms with Crippen LogP contribution in [0.5, 0.6) is 0 Å². The van der Waals surface area contributed by atoms with Crippen molar-refractivity contribution in [2.24, 2.45) is 0 Å². The summed E-state index contributed by atoms with van der Waals surface area (Å²) >= 11 is 0. The first-order chi connectivity index (χ1) is 22.6. The second-order valence-corrected chi connectivity index (χ2v) is 15.7. The molecule has 1 aromatic heterocycles. The van der Waals surface area contributed by atoms with Crippen LogP contribution in [-0.4, -0.2) is 13.0 Å². The van der Waals surface area contributed by atoms with Gasteiger partial charge < -0.3 is 9.47 Å². The molecule has 4 nitrogen and oxygen atoms in total. The molecule has 47 heavy (non-hydrogen) atoms. The minimum atomic E-state index is -3.76. The van der Waals surface area contributed by atoms with Crippen LogP contribution in [0.2, 0.25) is 0 Å². The Bertz CT molecular complexity index is 2450. The Kier molecular flexibility index (Phi) is 5.66. The van der Waals surface area contributed by atoms with Crippen LogP contribution in [0, 0.1) is 0 Å². The normalized spacial score (nSPS) is 16.7. The number of hydrogen-bond acceptors (Lipinski definition) is 3. The van der Waals surface area contributed by atoms with Crippen LogP contribution in [0.4, 0.5) is 17.1 Å². The lowest BCUT2D eigenvalue weighted by Gasteiger charge is -2.42. The maximum Gasteiger partial charge on any atom is 0.207 e. The molecule has 0 bridgehead atoms. The zero-order valence-electron chi connectivity index (χ0n) is 26.8. The molecule has 0 saturated carbocycles. The highest BCUT2D eigenvalue weighted by Crippen LogP contribution is 2.54. The SMILES string of the molecule is CC1(C)c2ccccc2N(c2ccc3c(c2)C(C)(C)c2cc(-n4c5ccccc5c5ccccc54)ccc2S3(=O)=O)c2ccccc21. The van der Waals surface area contributed by atoms with Gasteiger partial charge in [-0.1, -0.05) is 100 Å². The topological polar surface area (TPSA) is 42.3 Å². The molecule has 6 aromatic carbocycles. The van der Waals surface area contributed by atoms with Crippen LogP contribution in [0.25, 0.3) is 27.5 Å². The molecule has 0 N–H and O–H groups in total. The van der Waals surface area contributed by atoms with E-state index >= 15 is 0 Å². The Hall–Kier alpha value is -5.13. The first-order valence-electron chi connectivity index (χ1n) is 16.1. The number of para-hydroxylation sites is 4. The highest BCUT2D eigenvalue weighted by Gasteiger charge is 2.42. The van der Waals surface area contributed by atoms with Crippen molar-refractivity contribution in [3.63, 3.8) is 0 Å². The van der Waals surface area contributed by atoms with Gasteiger partial charge in [0.05, 0.1) is 32.2 Å². The van der Waals surface area contributed by atoms with Gasteiger partial charge in [-0.2, -0.15) is 0 Å². The quantitative estimate of drug-likeness (QED) is 0.191. The Labute approximate surface area is 275 Å². The molecule has 0 fully saturated rings. The average Bonchev–Trinajstić information content (AvgIpc) is 3.42. The van der Waals surface area contributed by atoms with E-state index in [2.05, 4.69) is 146 Å². The van der Waals surface area contributed by atoms with Gasteiger partial charge in [-0.15, -0.1) is 0 Å². The van der Waals surface area contributed by atoms with E-state index in [-0.39, 0.29) is 5.41 Å². The van der Waals surface area contributed by atoms with Crippen molar-refractivity contribution in [1.82, 2.24) is 4.57 Å². The molecule has 5 heteroatoms. The molecule has 2 aliphatic heterocycles. The van der Waals surface area contributed by atoms with Crippen molar-refractivity contribution in [1.29, 1.82) is 0 Å². The molecule has 0 atom stereocenters. The van der Waals surface area contributed by atoms with Crippen molar-refractivity contribution in [2.45, 2.75) is 48.3 Å². The molecule has 7 aromatic rings. The summed E-state index contributed by atoms with van der Waals surface area (Å²) in [6.07, 6.45) is 0. The molecule has 2 aliphatic rings. The second-order valence-electron chi connectivity index (χ2n) is 13.9. The van der Waals surface area contributed by atoms with Gasteiger partial charge in [0, 0.05) is 33.0 Å². The molecular weight excluding hydrogens is 597 g/mol. The fraction of sp³-hybridized carbons (Fsp3) is 0.143. The van der Waals surface area contributed by atoms with E-state index in [4.69, 9.17) is 0 Å². The Morgan fingerprint density at radius 1 is 0.468 bits per heavy atom. The van der Waals surface area contributed by atoms with Gasteiger partial charge in [0.15, 0.2) is 0 Å². The molecule has 0 aliphatic carbocycles. The summed E-state index contributed by atoms with van der Waals surface area (Å²) < 4.78 is 31.0. The highest BCUT2D eigenvalue weighted by molar-refractivity contribution is 7.91. The Morgan fingerprint density at radius 3 is 1.45 bits per heavy atom. The van der Waals surface area contributed by atoms with E-state index < -0.39 is 15.3 Å². The van der Waals surface area contributed by atoms with E-state index in [0.29, 0.717) is 9.79 Å². The number of anilines is 3. The van der Waals surface area contributed by atoms with Crippen LogP contribution >= 0.6 is 0 Å². The molecule has 0 spiro atoms. The van der Waals surface area contributed by atoms with Gasteiger partial charge in [-0.05, 0) is 82.9 Å². The number of sulfone groups is 1. The minimum Gasteiger partial charge on any atom is -0.310 e. The van der Waals surface area contributed by atoms with E-state index in [1.54, 1.807) is 6.07 Å². The summed E-state index contributed by atoms with van der Waals surface area (Å²) in [4.78, 5) is 3.05. The van der Waals surface area contributed by atoms with Gasteiger partial charge in [0.2, 0.25) is 9.84 Å². The fourth-order valence-corrected chi connectivity index (χ4v) is 10.1. The van der Waals surface area contributed by atoms with Gasteiger partial charge >= 0.3 is 0 Å². The summed E-state index contributed by atoms with van der Waals surface area (Å²) in [6, 6.07) is 45.7. The maximum absolute atomic E-state index is 14.4. The zero-order chi connectivity index (χ0) is 32.3. The number of fused-ring (bicyclic) bond motifs is 7. The lowest BCUT2D eigenvalue weighted by atomic mass is 9.73. The summed E-state index contributed by atoms with van der Waals surface area (Å²) in [5.74, 6) is 0. The van der Waals surface area contributed by atoms with Crippen molar-refractivity contribution in [3.05, 3.63) is 156 Å². The van der Waals surface area contributed by atoms with Crippen LogP contribution in [-0.2, 0) is 20.7 Å². The van der Waals surface area contributed by atoms with Crippen LogP contribution < -0.4 is 4.90 Å². The summed E-state index contributed by atoms with van der Waals surface area (Å²) in [7, 11) is -3.76. The van der Waals surface area contributed by atoms with E-state index in [9.17, 15) is 8.42 Å². The fourth-order valence-electron chi connectivity index (χ4n) is 8.17. The predicted molar refractivity (Wildman–Crippen MR) is 192 cm³/mol. The van der Waals surface area contributed by atoms with E-state index in [1.807, 2.05) is 18.2 Å². The number of aromatic nitrogens is 1. The van der Waals surface area contributed by atoms with Gasteiger partial charge in [-0.25, -0.2) is 8.42 Å². The first-order valence-corrected chi connectivity index (χ1v) is 17.6. The zero-order valence-corrected chi connectivity index (χ0v) is 27.6. The van der Waals surface area contributed by atoms with Gasteiger partial charge in [0.25, 0.3) is 0 Å². The number of hydrogen-bond donors (Lipinski definition) is 0. The Morgan fingerprint density at radius 2 is 0.894 bits per heavy atom. The van der Waals surface area contributed by atoms with Crippen LogP contribution in [0.1, 0.15) is 49.9 Å². The molecule has 0 amide bonds. The summed E-state index contributed by atoms with van der Waals surface area (Å²) in [5.41, 5.74) is 9.64. The second kappa shape index (κ2) is 9.46. The summed E-state index contributed by atoms with van der Waals surface area (Å²) in [5, 5.41) is 2.35. The molecular formula is C42H34N2O2S. The third-order valence-electron chi connectivity index (χ3n) is 10.6. The van der Waals surface area contributed by atoms with Crippen LogP contribution in [0.15, 0.2) is 143 Å². The largest absolute Gasteiger partial charge is 0.310 e. The van der Waals surface area contributed by atoms with Crippen LogP contribution in [0.3, 0.4) is 0 Å². The molecule has 9 rings (SSSR count). The first kappa shape index (κ1) is 28.1. The van der Waals surface area contributed by atoms with E-state index in [0.717, 1.165) is 44.9 Å². The lowest BCUT2D eigenvalue weighted by Crippen LogP contribution is -2.32. The van der Waals surface area contributed by atoms with Crippen molar-refractivity contribution >= 4 is 48.7 Å². The molecule has 0 unspecified atom stereocenters. The van der Waals surface area contributed by atoms with E-state index in [1.165, 1.54) is 21.9 Å². The highest BCUT2D eigenvalue weighted by atomic mass is 32.2. The van der Waals surface area contributed by atoms with Crippen molar-refractivity contribution in [2.75, 3.05) is 4.90 Å². The number of benzene rings is 6. The molecule has 0 radical (unpaired) electrons. The predicted octanol–water partition coefficient (Wildman–Crippen LogP) is 10.4. The third kappa shape index (κ3) is 3.72. The number of rotatable bonds is 2. The van der Waals surface area contributed by atoms with Gasteiger partial charge in [-0.3, -0.25) is 0 Å². The third-order valence-corrected chi connectivity index (χ3v) is 12.5. The van der Waals surface area contributed by atoms with Gasteiger partial charge in [0.1, 0.15) is 0 Å². The number of nitrogens with zero attached hydrogens (tertiary/aromatic N) is 2. The molecule has 0 saturated heterocycles. The molecule has 230 valence electrons. The average molecular weight is 631 g/mol. The monoisotopic (exact) mass is 630 g/mol. The standard InChI is InChI=1S/C42H34N2O2S/c1-41(2)31-15-7-11-19-37(31)44(38-20-12-8-16-32(38)41)28-22-24-40-34(26-28)42(3,4)33-25-27(21-23-39(33)47(40,45)46)43-35-17-9-5-13-29(35)30-14-6-10-18-36(30)43/h5-26H,1-4H3. The molecule has 3 heterocycles. The smallest absolute Gasteiger partial charge is 0.207 e. The van der Waals surface area contributed by atoms with Crippen molar-refractivity contribution < 1.29 is 8.42 Å². The Balaban J connectivity index is 1.26. The minimum absolute atomic E-state index is 0.178. The maximum atomic E-state index is 14.4. The lowest BCUT2D eigenvalue weighted by molar-refractivity contribution is 0.555.